The Labute approximate surface area is 161 Å². The summed E-state index contributed by atoms with van der Waals surface area (Å²) in [5, 5.41) is 3.10. The number of rotatable bonds is 5. The van der Waals surface area contributed by atoms with Crippen molar-refractivity contribution in [2.45, 2.75) is 64.3 Å². The molecular formula is C22H30N2O3. The zero-order chi connectivity index (χ0) is 19.6. The molecule has 27 heavy (non-hydrogen) atoms. The zero-order valence-electron chi connectivity index (χ0n) is 16.5. The summed E-state index contributed by atoms with van der Waals surface area (Å²) in [5.41, 5.74) is 0.665. The molecule has 3 rings (SSSR count). The molecule has 2 aliphatic rings. The molecule has 2 bridgehead atoms. The molecule has 2 aliphatic heterocycles. The summed E-state index contributed by atoms with van der Waals surface area (Å²) < 4.78 is 5.58. The second-order valence-corrected chi connectivity index (χ2v) is 8.61. The summed E-state index contributed by atoms with van der Waals surface area (Å²) >= 11 is 0. The van der Waals surface area contributed by atoms with Crippen LogP contribution in [0.2, 0.25) is 0 Å². The van der Waals surface area contributed by atoms with Crippen molar-refractivity contribution in [1.82, 2.24) is 10.2 Å². The van der Waals surface area contributed by atoms with Gasteiger partial charge in [0.05, 0.1) is 5.92 Å². The minimum absolute atomic E-state index is 0.0300. The summed E-state index contributed by atoms with van der Waals surface area (Å²) in [4.78, 5) is 27.6. The van der Waals surface area contributed by atoms with Gasteiger partial charge in [0.15, 0.2) is 0 Å². The van der Waals surface area contributed by atoms with Crippen molar-refractivity contribution in [2.75, 3.05) is 0 Å². The molecule has 0 radical (unpaired) electrons. The van der Waals surface area contributed by atoms with Crippen LogP contribution in [0, 0.1) is 11.8 Å². The van der Waals surface area contributed by atoms with Crippen LogP contribution in [0.25, 0.3) is 0 Å². The first-order chi connectivity index (χ1) is 12.8. The fourth-order valence-corrected chi connectivity index (χ4v) is 4.55. The van der Waals surface area contributed by atoms with Gasteiger partial charge >= 0.3 is 6.09 Å². The number of hydrogen-bond acceptors (Lipinski definition) is 3. The maximum Gasteiger partial charge on any atom is 0.410 e. The number of allylic oxidation sites excluding steroid dienone is 1. The second-order valence-electron chi connectivity index (χ2n) is 8.61. The number of fused-ring (bicyclic) bond motifs is 2. The molecule has 4 atom stereocenters. The number of benzene rings is 1. The molecule has 146 valence electrons. The number of carbonyl (C=O) groups excluding carboxylic acids is 2. The lowest BCUT2D eigenvalue weighted by molar-refractivity contribution is -0.128. The highest BCUT2D eigenvalue weighted by Gasteiger charge is 2.57. The van der Waals surface area contributed by atoms with Crippen molar-refractivity contribution in [3.63, 3.8) is 0 Å². The van der Waals surface area contributed by atoms with E-state index in [1.54, 1.807) is 0 Å². The highest BCUT2D eigenvalue weighted by molar-refractivity contribution is 5.83. The molecule has 2 saturated heterocycles. The molecule has 2 amide bonds. The van der Waals surface area contributed by atoms with E-state index in [1.807, 2.05) is 62.1 Å². The van der Waals surface area contributed by atoms with E-state index in [1.165, 1.54) is 0 Å². The van der Waals surface area contributed by atoms with Crippen molar-refractivity contribution in [1.29, 1.82) is 0 Å². The first kappa shape index (κ1) is 19.5. The van der Waals surface area contributed by atoms with Gasteiger partial charge in [-0.05, 0) is 51.5 Å². The van der Waals surface area contributed by atoms with Crippen LogP contribution in [0.15, 0.2) is 43.0 Å². The predicted molar refractivity (Wildman–Crippen MR) is 105 cm³/mol. The van der Waals surface area contributed by atoms with Gasteiger partial charge in [-0.1, -0.05) is 36.4 Å². The molecule has 0 aliphatic carbocycles. The smallest absolute Gasteiger partial charge is 0.410 e. The van der Waals surface area contributed by atoms with Crippen LogP contribution < -0.4 is 5.32 Å². The molecule has 1 aromatic carbocycles. The molecular weight excluding hydrogens is 340 g/mol. The van der Waals surface area contributed by atoms with E-state index in [0.29, 0.717) is 0 Å². The molecule has 0 saturated carbocycles. The molecule has 1 N–H and O–H groups in total. The molecule has 5 nitrogen and oxygen atoms in total. The van der Waals surface area contributed by atoms with Crippen LogP contribution >= 0.6 is 0 Å². The molecule has 2 heterocycles. The average molecular weight is 370 g/mol. The molecule has 3 unspecified atom stereocenters. The Balaban J connectivity index is 1.73. The third kappa shape index (κ3) is 4.18. The number of nitrogens with zero attached hydrogens (tertiary/aromatic N) is 1. The predicted octanol–water partition coefficient (Wildman–Crippen LogP) is 3.89. The number of carbonyl (C=O) groups is 2. The van der Waals surface area contributed by atoms with Crippen molar-refractivity contribution in [2.24, 2.45) is 11.8 Å². The van der Waals surface area contributed by atoms with Crippen LogP contribution in [0.5, 0.6) is 0 Å². The number of amides is 2. The van der Waals surface area contributed by atoms with E-state index in [9.17, 15) is 9.59 Å². The van der Waals surface area contributed by atoms with E-state index in [2.05, 4.69) is 11.9 Å². The number of nitrogens with one attached hydrogen (secondary N) is 1. The van der Waals surface area contributed by atoms with E-state index in [4.69, 9.17) is 4.74 Å². The van der Waals surface area contributed by atoms with Crippen LogP contribution in [0.4, 0.5) is 4.79 Å². The molecule has 2 fully saturated rings. The van der Waals surface area contributed by atoms with Crippen LogP contribution in [0.1, 0.15) is 45.6 Å². The fourth-order valence-electron chi connectivity index (χ4n) is 4.55. The molecule has 1 aromatic rings. The number of ether oxygens (including phenoxy) is 1. The maximum atomic E-state index is 13.0. The summed E-state index contributed by atoms with van der Waals surface area (Å²) in [6.45, 7) is 10.0. The van der Waals surface area contributed by atoms with Crippen molar-refractivity contribution < 1.29 is 14.3 Å². The fraction of sp³-hybridized carbons (Fsp3) is 0.545. The second kappa shape index (κ2) is 7.75. The van der Waals surface area contributed by atoms with Gasteiger partial charge in [-0.3, -0.25) is 4.79 Å². The Hall–Kier alpha value is -2.30. The lowest BCUT2D eigenvalue weighted by Gasteiger charge is -2.30. The summed E-state index contributed by atoms with van der Waals surface area (Å²) in [7, 11) is 0. The van der Waals surface area contributed by atoms with Crippen molar-refractivity contribution >= 4 is 12.0 Å². The minimum Gasteiger partial charge on any atom is -0.445 e. The Morgan fingerprint density at radius 1 is 1.22 bits per heavy atom. The van der Waals surface area contributed by atoms with Gasteiger partial charge < -0.3 is 15.0 Å². The Morgan fingerprint density at radius 3 is 2.52 bits per heavy atom. The van der Waals surface area contributed by atoms with E-state index in [-0.39, 0.29) is 48.1 Å². The van der Waals surface area contributed by atoms with E-state index < -0.39 is 0 Å². The van der Waals surface area contributed by atoms with Crippen LogP contribution in [-0.2, 0) is 16.1 Å². The third-order valence-corrected chi connectivity index (χ3v) is 5.50. The quantitative estimate of drug-likeness (QED) is 0.800. The van der Waals surface area contributed by atoms with Gasteiger partial charge in [0, 0.05) is 17.6 Å². The largest absolute Gasteiger partial charge is 0.445 e. The van der Waals surface area contributed by atoms with Gasteiger partial charge in [-0.2, -0.15) is 0 Å². The normalized spacial score (nSPS) is 26.7. The zero-order valence-corrected chi connectivity index (χ0v) is 16.5. The lowest BCUT2D eigenvalue weighted by atomic mass is 9.76. The van der Waals surface area contributed by atoms with Gasteiger partial charge in [-0.15, -0.1) is 6.58 Å². The minimum atomic E-state index is -0.313. The van der Waals surface area contributed by atoms with Gasteiger partial charge in [-0.25, -0.2) is 4.79 Å². The molecule has 5 heteroatoms. The maximum absolute atomic E-state index is 13.0. The lowest BCUT2D eigenvalue weighted by Crippen LogP contribution is -2.48. The van der Waals surface area contributed by atoms with Crippen molar-refractivity contribution in [3.8, 4) is 0 Å². The Morgan fingerprint density at radius 2 is 1.89 bits per heavy atom. The third-order valence-electron chi connectivity index (χ3n) is 5.50. The van der Waals surface area contributed by atoms with Gasteiger partial charge in [0.25, 0.3) is 0 Å². The summed E-state index contributed by atoms with van der Waals surface area (Å²) in [6, 6.07) is 9.62. The van der Waals surface area contributed by atoms with Crippen LogP contribution in [0.3, 0.4) is 0 Å². The summed E-state index contributed by atoms with van der Waals surface area (Å²) in [5.74, 6) is -0.0689. The number of hydrogen-bond donors (Lipinski definition) is 1. The average Bonchev–Trinajstić information content (AvgIpc) is 3.15. The van der Waals surface area contributed by atoms with Gasteiger partial charge in [0.1, 0.15) is 6.61 Å². The Kier molecular flexibility index (Phi) is 5.59. The highest BCUT2D eigenvalue weighted by Crippen LogP contribution is 2.48. The molecule has 0 spiro atoms. The Bertz CT molecular complexity index is 695. The van der Waals surface area contributed by atoms with Crippen LogP contribution in [-0.4, -0.2) is 34.5 Å². The van der Waals surface area contributed by atoms with E-state index in [0.717, 1.165) is 24.8 Å². The highest BCUT2D eigenvalue weighted by atomic mass is 16.6. The summed E-state index contributed by atoms with van der Waals surface area (Å²) in [6.07, 6.45) is 4.04. The van der Waals surface area contributed by atoms with E-state index >= 15 is 0 Å². The monoisotopic (exact) mass is 370 g/mol. The first-order valence-corrected chi connectivity index (χ1v) is 9.74. The van der Waals surface area contributed by atoms with Crippen molar-refractivity contribution in [3.05, 3.63) is 48.6 Å². The first-order valence-electron chi connectivity index (χ1n) is 9.74. The molecule has 0 aromatic heterocycles. The van der Waals surface area contributed by atoms with Gasteiger partial charge in [0.2, 0.25) is 5.91 Å². The standard InChI is InChI=1S/C22H30N2O3/c1-5-9-16-17-12-13-18(19(16)20(25)23-22(2,3)4)24(17)21(26)27-14-15-10-7-6-8-11-15/h5-8,10-11,16-19H,1,9,12-14H2,2-4H3,(H,23,25)/t16-,17?,18?,19?/m0/s1. The topological polar surface area (TPSA) is 58.6 Å². The SMILES string of the molecule is C=CC[C@@H]1C(C(=O)NC(C)(C)C)C2CCC1N2C(=O)OCc1ccccc1.